The molecule has 0 bridgehead atoms. The maximum Gasteiger partial charge on any atom is 0.383 e. The van der Waals surface area contributed by atoms with Gasteiger partial charge in [0.1, 0.15) is 12.3 Å². The summed E-state index contributed by atoms with van der Waals surface area (Å²) in [6, 6.07) is 0. The SMILES string of the molecule is CCOP(=O)(OCC)c1cn(C[C@H]2O[C@@H](n3cc(C)c(=O)[nH]c3=O)CC2O)nn1. The van der Waals surface area contributed by atoms with Gasteiger partial charge in [0.2, 0.25) is 0 Å². The van der Waals surface area contributed by atoms with E-state index < -0.39 is 37.3 Å². The number of nitrogens with one attached hydrogen (secondary N) is 1. The van der Waals surface area contributed by atoms with Crippen molar-refractivity contribution in [3.63, 3.8) is 0 Å². The van der Waals surface area contributed by atoms with Gasteiger partial charge in [0.25, 0.3) is 5.56 Å². The van der Waals surface area contributed by atoms with Crippen LogP contribution in [-0.2, 0) is 24.9 Å². The average molecular weight is 429 g/mol. The lowest BCUT2D eigenvalue weighted by Gasteiger charge is -2.16. The van der Waals surface area contributed by atoms with Crippen LogP contribution in [0.2, 0.25) is 0 Å². The van der Waals surface area contributed by atoms with Gasteiger partial charge < -0.3 is 18.9 Å². The number of hydrogen-bond acceptors (Lipinski definition) is 9. The summed E-state index contributed by atoms with van der Waals surface area (Å²) in [5.74, 6) is 0. The Hall–Kier alpha value is -2.11. The van der Waals surface area contributed by atoms with Gasteiger partial charge in [-0.3, -0.25) is 18.9 Å². The number of aliphatic hydroxyl groups is 1. The van der Waals surface area contributed by atoms with E-state index in [2.05, 4.69) is 15.3 Å². The molecule has 2 N–H and O–H groups in total. The Morgan fingerprint density at radius 1 is 1.31 bits per heavy atom. The van der Waals surface area contributed by atoms with Crippen LogP contribution in [-0.4, -0.2) is 55.1 Å². The number of rotatable bonds is 8. The zero-order valence-corrected chi connectivity index (χ0v) is 17.2. The molecule has 2 aromatic rings. The highest BCUT2D eigenvalue weighted by atomic mass is 31.2. The highest BCUT2D eigenvalue weighted by Gasteiger charge is 2.37. The molecule has 2 aromatic heterocycles. The van der Waals surface area contributed by atoms with Crippen molar-refractivity contribution in [1.29, 1.82) is 0 Å². The molecule has 1 unspecified atom stereocenters. The summed E-state index contributed by atoms with van der Waals surface area (Å²) in [6.45, 7) is 5.44. The predicted octanol–water partition coefficient (Wildman–Crippen LogP) is -0.323. The van der Waals surface area contributed by atoms with E-state index in [9.17, 15) is 19.3 Å². The molecule has 3 heterocycles. The van der Waals surface area contributed by atoms with Crippen molar-refractivity contribution < 1.29 is 23.5 Å². The van der Waals surface area contributed by atoms with Crippen LogP contribution in [0.15, 0.2) is 22.0 Å². The molecule has 0 aromatic carbocycles. The molecule has 12 nitrogen and oxygen atoms in total. The minimum absolute atomic E-state index is 0.0673. The van der Waals surface area contributed by atoms with Crippen molar-refractivity contribution in [2.45, 2.75) is 52.2 Å². The Morgan fingerprint density at radius 3 is 2.66 bits per heavy atom. The molecule has 29 heavy (non-hydrogen) atoms. The van der Waals surface area contributed by atoms with E-state index in [1.807, 2.05) is 0 Å². The first-order valence-corrected chi connectivity index (χ1v) is 10.8. The van der Waals surface area contributed by atoms with Crippen molar-refractivity contribution in [2.75, 3.05) is 13.2 Å². The van der Waals surface area contributed by atoms with Crippen LogP contribution in [0, 0.1) is 6.92 Å². The smallest absolute Gasteiger partial charge is 0.383 e. The standard InChI is InChI=1S/C16H24N5O7P/c1-4-26-29(25,27-5-2)13-9-20(19-18-13)8-12-11(22)6-14(28-12)21-7-10(3)15(23)17-16(21)24/h7,9,11-12,14,22H,4-6,8H2,1-3H3,(H,17,23,24)/t11?,12-,14-/m1/s1. The second kappa shape index (κ2) is 8.72. The van der Waals surface area contributed by atoms with Crippen molar-refractivity contribution in [3.8, 4) is 0 Å². The third kappa shape index (κ3) is 4.57. The highest BCUT2D eigenvalue weighted by Crippen LogP contribution is 2.45. The maximum atomic E-state index is 12.8. The molecule has 0 radical (unpaired) electrons. The number of aryl methyl sites for hydroxylation is 1. The van der Waals surface area contributed by atoms with Gasteiger partial charge in [-0.1, -0.05) is 5.21 Å². The lowest BCUT2D eigenvalue weighted by atomic mass is 10.2. The Balaban J connectivity index is 1.74. The number of H-pyrrole nitrogens is 1. The summed E-state index contributed by atoms with van der Waals surface area (Å²) in [7, 11) is -3.56. The monoisotopic (exact) mass is 429 g/mol. The molecule has 1 aliphatic heterocycles. The summed E-state index contributed by atoms with van der Waals surface area (Å²) in [6.07, 6.45) is 0.679. The molecule has 3 atom stereocenters. The molecule has 1 aliphatic rings. The summed E-state index contributed by atoms with van der Waals surface area (Å²) in [4.78, 5) is 25.8. The van der Waals surface area contributed by atoms with E-state index in [-0.39, 0.29) is 31.6 Å². The zero-order chi connectivity index (χ0) is 21.2. The van der Waals surface area contributed by atoms with Gasteiger partial charge in [-0.2, -0.15) is 0 Å². The van der Waals surface area contributed by atoms with Gasteiger partial charge in [0.05, 0.1) is 32.1 Å². The van der Waals surface area contributed by atoms with E-state index in [0.717, 1.165) is 0 Å². The maximum absolute atomic E-state index is 12.8. The van der Waals surface area contributed by atoms with Crippen molar-refractivity contribution in [2.24, 2.45) is 0 Å². The Kier molecular flexibility index (Phi) is 6.49. The van der Waals surface area contributed by atoms with E-state index in [4.69, 9.17) is 13.8 Å². The van der Waals surface area contributed by atoms with Crippen LogP contribution in [0.3, 0.4) is 0 Å². The normalized spacial score (nSPS) is 22.3. The lowest BCUT2D eigenvalue weighted by Crippen LogP contribution is -2.33. The second-order valence-corrected chi connectivity index (χ2v) is 8.51. The molecule has 0 spiro atoms. The van der Waals surface area contributed by atoms with Gasteiger partial charge in [0, 0.05) is 18.2 Å². The first-order chi connectivity index (χ1) is 13.8. The number of aromatic amines is 1. The Labute approximate surface area is 165 Å². The first kappa shape index (κ1) is 21.6. The van der Waals surface area contributed by atoms with Gasteiger partial charge in [-0.05, 0) is 20.8 Å². The van der Waals surface area contributed by atoms with E-state index >= 15 is 0 Å². The minimum atomic E-state index is -3.56. The summed E-state index contributed by atoms with van der Waals surface area (Å²) in [5, 5.41) is 18.1. The molecule has 160 valence electrons. The fourth-order valence-electron chi connectivity index (χ4n) is 3.05. The Bertz CT molecular complexity index is 1010. The third-order valence-electron chi connectivity index (χ3n) is 4.43. The number of aliphatic hydroxyl groups excluding tert-OH is 1. The summed E-state index contributed by atoms with van der Waals surface area (Å²) < 4.78 is 31.6. The number of hydrogen-bond donors (Lipinski definition) is 2. The zero-order valence-electron chi connectivity index (χ0n) is 16.3. The largest absolute Gasteiger partial charge is 0.390 e. The second-order valence-electron chi connectivity index (χ2n) is 6.54. The van der Waals surface area contributed by atoms with E-state index in [0.29, 0.717) is 5.56 Å². The molecule has 1 saturated heterocycles. The van der Waals surface area contributed by atoms with E-state index in [1.165, 1.54) is 21.6 Å². The van der Waals surface area contributed by atoms with Gasteiger partial charge >= 0.3 is 13.3 Å². The highest BCUT2D eigenvalue weighted by molar-refractivity contribution is 7.61. The number of aromatic nitrogens is 5. The predicted molar refractivity (Wildman–Crippen MR) is 101 cm³/mol. The average Bonchev–Trinajstić information content (AvgIpc) is 3.27. The van der Waals surface area contributed by atoms with Crippen LogP contribution in [0.1, 0.15) is 32.1 Å². The van der Waals surface area contributed by atoms with E-state index in [1.54, 1.807) is 20.8 Å². The molecular formula is C16H24N5O7P. The van der Waals surface area contributed by atoms with Crippen molar-refractivity contribution >= 4 is 13.0 Å². The van der Waals surface area contributed by atoms with Crippen LogP contribution in [0.25, 0.3) is 0 Å². The van der Waals surface area contributed by atoms with Crippen LogP contribution in [0.5, 0.6) is 0 Å². The van der Waals surface area contributed by atoms with Gasteiger partial charge in [-0.25, -0.2) is 9.48 Å². The molecule has 0 aliphatic carbocycles. The van der Waals surface area contributed by atoms with Crippen molar-refractivity contribution in [1.82, 2.24) is 24.5 Å². The fourth-order valence-corrected chi connectivity index (χ4v) is 4.49. The lowest BCUT2D eigenvalue weighted by molar-refractivity contribution is -0.0302. The Morgan fingerprint density at radius 2 is 2.00 bits per heavy atom. The molecule has 13 heteroatoms. The van der Waals surface area contributed by atoms with Crippen LogP contribution in [0.4, 0.5) is 0 Å². The topological polar surface area (TPSA) is 151 Å². The van der Waals surface area contributed by atoms with Crippen LogP contribution >= 0.6 is 7.60 Å². The quantitative estimate of drug-likeness (QED) is 0.538. The molecule has 3 rings (SSSR count). The van der Waals surface area contributed by atoms with Gasteiger partial charge in [-0.15, -0.1) is 5.10 Å². The third-order valence-corrected chi connectivity index (χ3v) is 6.39. The molecule has 0 amide bonds. The summed E-state index contributed by atoms with van der Waals surface area (Å²) >= 11 is 0. The number of ether oxygens (including phenoxy) is 1. The van der Waals surface area contributed by atoms with Gasteiger partial charge in [0.15, 0.2) is 5.44 Å². The van der Waals surface area contributed by atoms with Crippen molar-refractivity contribution in [3.05, 3.63) is 38.8 Å². The number of nitrogens with zero attached hydrogens (tertiary/aromatic N) is 4. The molecular weight excluding hydrogens is 405 g/mol. The van der Waals surface area contributed by atoms with Crippen LogP contribution < -0.4 is 16.7 Å². The summed E-state index contributed by atoms with van der Waals surface area (Å²) in [5.41, 5.74) is -0.659. The molecule has 0 saturated carbocycles. The fraction of sp³-hybridized carbons (Fsp3) is 0.625. The molecule has 1 fully saturated rings. The minimum Gasteiger partial charge on any atom is -0.390 e. The first-order valence-electron chi connectivity index (χ1n) is 9.22.